The summed E-state index contributed by atoms with van der Waals surface area (Å²) in [5.41, 5.74) is 1.70. The molecule has 0 saturated carbocycles. The predicted octanol–water partition coefficient (Wildman–Crippen LogP) is 1.76. The van der Waals surface area contributed by atoms with Crippen molar-refractivity contribution in [1.29, 1.82) is 0 Å². The molecule has 1 aromatic carbocycles. The number of carbonyl (C=O) groups excluding carboxylic acids is 1. The van der Waals surface area contributed by atoms with Crippen LogP contribution in [0.1, 0.15) is 21.5 Å². The highest BCUT2D eigenvalue weighted by molar-refractivity contribution is 9.09. The smallest absolute Gasteiger partial charge is 0.338 e. The highest BCUT2D eigenvalue weighted by atomic mass is 79.9. The first-order valence-corrected chi connectivity index (χ1v) is 8.19. The number of esters is 1. The van der Waals surface area contributed by atoms with Crippen molar-refractivity contribution in [2.24, 2.45) is 0 Å². The fourth-order valence-corrected chi connectivity index (χ4v) is 3.16. The summed E-state index contributed by atoms with van der Waals surface area (Å²) in [6.07, 6.45) is 0. The average Bonchev–Trinajstić information content (AvgIpc) is 2.38. The van der Waals surface area contributed by atoms with E-state index < -0.39 is 16.0 Å². The average molecular weight is 350 g/mol. The van der Waals surface area contributed by atoms with Crippen LogP contribution in [0.15, 0.2) is 17.0 Å². The highest BCUT2D eigenvalue weighted by Crippen LogP contribution is 2.20. The SMILES string of the molecule is COC(=O)c1cc(S(=O)(=O)NCCBr)cc(C)c1C. The minimum Gasteiger partial charge on any atom is -0.465 e. The van der Waals surface area contributed by atoms with E-state index in [1.54, 1.807) is 19.9 Å². The van der Waals surface area contributed by atoms with E-state index in [-0.39, 0.29) is 17.0 Å². The standard InChI is InChI=1S/C12H16BrNO4S/c1-8-6-10(19(16,17)14-5-4-13)7-11(9(8)2)12(15)18-3/h6-7,14H,4-5H2,1-3H3. The van der Waals surface area contributed by atoms with E-state index in [1.807, 2.05) is 0 Å². The molecule has 19 heavy (non-hydrogen) atoms. The van der Waals surface area contributed by atoms with Crippen LogP contribution in [0.4, 0.5) is 0 Å². The summed E-state index contributed by atoms with van der Waals surface area (Å²) in [6.45, 7) is 3.79. The zero-order valence-electron chi connectivity index (χ0n) is 11.0. The summed E-state index contributed by atoms with van der Waals surface area (Å²) in [7, 11) is -2.35. The molecule has 0 radical (unpaired) electrons. The molecule has 106 valence electrons. The summed E-state index contributed by atoms with van der Waals surface area (Å²) in [5, 5.41) is 0.515. The molecule has 1 aromatic rings. The molecule has 1 rings (SSSR count). The summed E-state index contributed by atoms with van der Waals surface area (Å²) >= 11 is 3.15. The van der Waals surface area contributed by atoms with Gasteiger partial charge in [-0.2, -0.15) is 0 Å². The van der Waals surface area contributed by atoms with E-state index in [2.05, 4.69) is 25.4 Å². The lowest BCUT2D eigenvalue weighted by molar-refractivity contribution is 0.0599. The molecule has 0 fully saturated rings. The third-order valence-corrected chi connectivity index (χ3v) is 4.58. The van der Waals surface area contributed by atoms with E-state index in [4.69, 9.17) is 0 Å². The van der Waals surface area contributed by atoms with E-state index in [0.717, 1.165) is 5.56 Å². The number of ether oxygens (including phenoxy) is 1. The number of hydrogen-bond donors (Lipinski definition) is 1. The molecule has 0 spiro atoms. The van der Waals surface area contributed by atoms with Gasteiger partial charge in [0.25, 0.3) is 0 Å². The van der Waals surface area contributed by atoms with Crippen molar-refractivity contribution in [2.45, 2.75) is 18.7 Å². The molecule has 0 aliphatic rings. The quantitative estimate of drug-likeness (QED) is 0.649. The van der Waals surface area contributed by atoms with Gasteiger partial charge in [-0.05, 0) is 37.1 Å². The van der Waals surface area contributed by atoms with Gasteiger partial charge < -0.3 is 4.74 Å². The number of halogens is 1. The number of sulfonamides is 1. The Hall–Kier alpha value is -0.920. The van der Waals surface area contributed by atoms with Gasteiger partial charge in [-0.25, -0.2) is 17.9 Å². The molecule has 0 atom stereocenters. The fourth-order valence-electron chi connectivity index (χ4n) is 1.56. The molecule has 0 aliphatic carbocycles. The van der Waals surface area contributed by atoms with Crippen LogP contribution in [0.3, 0.4) is 0 Å². The second-order valence-electron chi connectivity index (χ2n) is 3.99. The predicted molar refractivity (Wildman–Crippen MR) is 76.2 cm³/mol. The highest BCUT2D eigenvalue weighted by Gasteiger charge is 2.19. The van der Waals surface area contributed by atoms with Crippen LogP contribution in [0, 0.1) is 13.8 Å². The van der Waals surface area contributed by atoms with Crippen LogP contribution in [0.25, 0.3) is 0 Å². The lowest BCUT2D eigenvalue weighted by Crippen LogP contribution is -2.26. The number of nitrogens with one attached hydrogen (secondary N) is 1. The van der Waals surface area contributed by atoms with Crippen LogP contribution in [0.5, 0.6) is 0 Å². The molecule has 7 heteroatoms. The number of hydrogen-bond acceptors (Lipinski definition) is 4. The topological polar surface area (TPSA) is 72.5 Å². The molecular weight excluding hydrogens is 334 g/mol. The van der Waals surface area contributed by atoms with E-state index in [0.29, 0.717) is 10.9 Å². The monoisotopic (exact) mass is 349 g/mol. The maximum atomic E-state index is 12.0. The van der Waals surface area contributed by atoms with Crippen LogP contribution >= 0.6 is 15.9 Å². The van der Waals surface area contributed by atoms with Crippen LogP contribution < -0.4 is 4.72 Å². The molecule has 1 N–H and O–H groups in total. The normalized spacial score (nSPS) is 11.4. The zero-order chi connectivity index (χ0) is 14.6. The molecule has 0 amide bonds. The number of benzene rings is 1. The van der Waals surface area contributed by atoms with Gasteiger partial charge in [0.05, 0.1) is 17.6 Å². The lowest BCUT2D eigenvalue weighted by Gasteiger charge is -2.11. The number of alkyl halides is 1. The Morgan fingerprint density at radius 1 is 1.37 bits per heavy atom. The molecule has 0 aromatic heterocycles. The van der Waals surface area contributed by atoms with Gasteiger partial charge in [0.2, 0.25) is 10.0 Å². The zero-order valence-corrected chi connectivity index (χ0v) is 13.4. The van der Waals surface area contributed by atoms with Crippen molar-refractivity contribution in [2.75, 3.05) is 19.0 Å². The van der Waals surface area contributed by atoms with E-state index in [9.17, 15) is 13.2 Å². The molecule has 0 heterocycles. The summed E-state index contributed by atoms with van der Waals surface area (Å²) in [6, 6.07) is 2.88. The molecule has 5 nitrogen and oxygen atoms in total. The van der Waals surface area contributed by atoms with Gasteiger partial charge in [-0.1, -0.05) is 15.9 Å². The van der Waals surface area contributed by atoms with Crippen molar-refractivity contribution in [3.05, 3.63) is 28.8 Å². The van der Waals surface area contributed by atoms with Crippen molar-refractivity contribution in [3.63, 3.8) is 0 Å². The van der Waals surface area contributed by atoms with Crippen molar-refractivity contribution in [3.8, 4) is 0 Å². The summed E-state index contributed by atoms with van der Waals surface area (Å²) in [5.74, 6) is -0.543. The molecule has 0 unspecified atom stereocenters. The van der Waals surface area contributed by atoms with Crippen molar-refractivity contribution in [1.82, 2.24) is 4.72 Å². The maximum absolute atomic E-state index is 12.0. The van der Waals surface area contributed by atoms with Crippen LogP contribution in [-0.4, -0.2) is 33.4 Å². The Bertz CT molecular complexity index is 584. The Morgan fingerprint density at radius 2 is 2.00 bits per heavy atom. The lowest BCUT2D eigenvalue weighted by atomic mass is 10.0. The summed E-state index contributed by atoms with van der Waals surface area (Å²) in [4.78, 5) is 11.7. The minimum absolute atomic E-state index is 0.0666. The van der Waals surface area contributed by atoms with Gasteiger partial charge in [-0.3, -0.25) is 0 Å². The van der Waals surface area contributed by atoms with Crippen LogP contribution in [0.2, 0.25) is 0 Å². The second kappa shape index (κ2) is 6.49. The number of carbonyl (C=O) groups is 1. The number of rotatable bonds is 5. The van der Waals surface area contributed by atoms with Crippen molar-refractivity contribution < 1.29 is 17.9 Å². The summed E-state index contributed by atoms with van der Waals surface area (Å²) < 4.78 is 31.2. The Labute approximate surface area is 121 Å². The molecule has 0 saturated heterocycles. The molecule has 0 aliphatic heterocycles. The first-order chi connectivity index (χ1) is 8.83. The van der Waals surface area contributed by atoms with Gasteiger partial charge in [0.15, 0.2) is 0 Å². The van der Waals surface area contributed by atoms with Gasteiger partial charge in [0.1, 0.15) is 0 Å². The Morgan fingerprint density at radius 3 is 2.53 bits per heavy atom. The van der Waals surface area contributed by atoms with Gasteiger partial charge in [0, 0.05) is 11.9 Å². The Kier molecular flexibility index (Phi) is 5.51. The molecular formula is C12H16BrNO4S. The fraction of sp³-hybridized carbons (Fsp3) is 0.417. The maximum Gasteiger partial charge on any atom is 0.338 e. The van der Waals surface area contributed by atoms with Gasteiger partial charge >= 0.3 is 5.97 Å². The number of aryl methyl sites for hydroxylation is 1. The second-order valence-corrected chi connectivity index (χ2v) is 6.55. The van der Waals surface area contributed by atoms with Crippen molar-refractivity contribution >= 4 is 31.9 Å². The third-order valence-electron chi connectivity index (χ3n) is 2.74. The van der Waals surface area contributed by atoms with E-state index >= 15 is 0 Å². The largest absolute Gasteiger partial charge is 0.465 e. The minimum atomic E-state index is -3.61. The van der Waals surface area contributed by atoms with Crippen LogP contribution in [-0.2, 0) is 14.8 Å². The third kappa shape index (κ3) is 3.77. The van der Waals surface area contributed by atoms with E-state index in [1.165, 1.54) is 13.2 Å². The first-order valence-electron chi connectivity index (χ1n) is 5.58. The first kappa shape index (κ1) is 16.1. The number of methoxy groups -OCH3 is 1. The Balaban J connectivity index is 3.31. The van der Waals surface area contributed by atoms with Gasteiger partial charge in [-0.15, -0.1) is 0 Å². The molecule has 0 bridgehead atoms.